The minimum Gasteiger partial charge on any atom is -0.493 e. The van der Waals surface area contributed by atoms with Crippen molar-refractivity contribution in [3.8, 4) is 17.2 Å². The Kier molecular flexibility index (Phi) is 3.12. The molecule has 1 amide bonds. The van der Waals surface area contributed by atoms with Crippen molar-refractivity contribution in [2.45, 2.75) is 18.4 Å². The van der Waals surface area contributed by atoms with Gasteiger partial charge in [0.2, 0.25) is 5.75 Å². The maximum atomic E-state index is 12.2. The molecule has 1 heterocycles. The number of hydrogen-bond donors (Lipinski definition) is 2. The summed E-state index contributed by atoms with van der Waals surface area (Å²) >= 11 is 0. The van der Waals surface area contributed by atoms with E-state index in [0.717, 1.165) is 0 Å². The summed E-state index contributed by atoms with van der Waals surface area (Å²) in [5.41, 5.74) is -0.846. The van der Waals surface area contributed by atoms with Gasteiger partial charge in [0.05, 0.1) is 7.11 Å². The molecule has 0 atom stereocenters. The fraction of sp³-hybridized carbons (Fsp3) is 0.429. The molecule has 0 saturated heterocycles. The number of rotatable bonds is 4. The van der Waals surface area contributed by atoms with E-state index in [2.05, 4.69) is 5.32 Å². The molecule has 112 valence electrons. The molecular formula is C14H15NO6. The van der Waals surface area contributed by atoms with Crippen LogP contribution in [0.15, 0.2) is 12.1 Å². The van der Waals surface area contributed by atoms with Crippen molar-refractivity contribution in [2.24, 2.45) is 0 Å². The number of carboxylic acids is 1. The van der Waals surface area contributed by atoms with Crippen LogP contribution in [0.3, 0.4) is 0 Å². The summed E-state index contributed by atoms with van der Waals surface area (Å²) in [6.07, 6.45) is 0.880. The predicted molar refractivity (Wildman–Crippen MR) is 71.1 cm³/mol. The third-order valence-corrected chi connectivity index (χ3v) is 3.60. The predicted octanol–water partition coefficient (Wildman–Crippen LogP) is 0.813. The smallest absolute Gasteiger partial charge is 0.329 e. The van der Waals surface area contributed by atoms with E-state index in [-0.39, 0.29) is 5.56 Å². The van der Waals surface area contributed by atoms with Crippen LogP contribution in [-0.4, -0.2) is 42.8 Å². The third-order valence-electron chi connectivity index (χ3n) is 3.60. The Morgan fingerprint density at radius 2 is 2.00 bits per heavy atom. The number of benzene rings is 1. The van der Waals surface area contributed by atoms with Crippen molar-refractivity contribution in [3.63, 3.8) is 0 Å². The Hall–Kier alpha value is -2.44. The van der Waals surface area contributed by atoms with E-state index < -0.39 is 17.4 Å². The van der Waals surface area contributed by atoms with Crippen LogP contribution in [0.2, 0.25) is 0 Å². The number of carbonyl (C=O) groups is 2. The fourth-order valence-corrected chi connectivity index (χ4v) is 2.21. The SMILES string of the molecule is COc1cc(C(=O)NC2(C(=O)O)CC2)cc2c1OCCO2. The highest BCUT2D eigenvalue weighted by Gasteiger charge is 2.51. The second-order valence-electron chi connectivity index (χ2n) is 5.04. The maximum absolute atomic E-state index is 12.2. The highest BCUT2D eigenvalue weighted by molar-refractivity contribution is 5.99. The van der Waals surface area contributed by atoms with Gasteiger partial charge in [-0.2, -0.15) is 0 Å². The van der Waals surface area contributed by atoms with Crippen molar-refractivity contribution in [1.82, 2.24) is 5.32 Å². The van der Waals surface area contributed by atoms with Crippen LogP contribution < -0.4 is 19.5 Å². The molecule has 21 heavy (non-hydrogen) atoms. The lowest BCUT2D eigenvalue weighted by molar-refractivity contribution is -0.140. The molecule has 1 saturated carbocycles. The molecule has 0 aromatic heterocycles. The van der Waals surface area contributed by atoms with E-state index in [1.807, 2.05) is 0 Å². The van der Waals surface area contributed by atoms with Crippen molar-refractivity contribution >= 4 is 11.9 Å². The maximum Gasteiger partial charge on any atom is 0.329 e. The largest absolute Gasteiger partial charge is 0.493 e. The van der Waals surface area contributed by atoms with Gasteiger partial charge in [0.25, 0.3) is 5.91 Å². The molecule has 7 heteroatoms. The number of amides is 1. The highest BCUT2D eigenvalue weighted by atomic mass is 16.6. The Morgan fingerprint density at radius 1 is 1.29 bits per heavy atom. The van der Waals surface area contributed by atoms with Gasteiger partial charge in [-0.3, -0.25) is 4.79 Å². The second-order valence-corrected chi connectivity index (χ2v) is 5.04. The third kappa shape index (κ3) is 2.35. The van der Waals surface area contributed by atoms with Gasteiger partial charge in [0.15, 0.2) is 11.5 Å². The van der Waals surface area contributed by atoms with Gasteiger partial charge >= 0.3 is 5.97 Å². The van der Waals surface area contributed by atoms with E-state index >= 15 is 0 Å². The number of ether oxygens (including phenoxy) is 3. The van der Waals surface area contributed by atoms with Crippen LogP contribution >= 0.6 is 0 Å². The topological polar surface area (TPSA) is 94.1 Å². The summed E-state index contributed by atoms with van der Waals surface area (Å²) in [7, 11) is 1.47. The minimum atomic E-state index is -1.13. The van der Waals surface area contributed by atoms with Gasteiger partial charge in [-0.25, -0.2) is 4.79 Å². The number of aliphatic carboxylic acids is 1. The van der Waals surface area contributed by atoms with Crippen molar-refractivity contribution in [2.75, 3.05) is 20.3 Å². The Labute approximate surface area is 120 Å². The van der Waals surface area contributed by atoms with E-state index in [4.69, 9.17) is 19.3 Å². The molecule has 1 aromatic carbocycles. The summed E-state index contributed by atoms with van der Waals surface area (Å²) in [6.45, 7) is 0.803. The zero-order valence-corrected chi connectivity index (χ0v) is 11.5. The van der Waals surface area contributed by atoms with Crippen LogP contribution in [0.25, 0.3) is 0 Å². The molecule has 0 spiro atoms. The van der Waals surface area contributed by atoms with Crippen LogP contribution in [0.1, 0.15) is 23.2 Å². The molecule has 1 aliphatic carbocycles. The van der Waals surface area contributed by atoms with E-state index in [1.54, 1.807) is 0 Å². The Morgan fingerprint density at radius 3 is 2.62 bits per heavy atom. The summed E-state index contributed by atoms with van der Waals surface area (Å²) in [6, 6.07) is 3.05. The van der Waals surface area contributed by atoms with Gasteiger partial charge in [-0.15, -0.1) is 0 Å². The molecule has 1 fully saturated rings. The lowest BCUT2D eigenvalue weighted by Gasteiger charge is -2.21. The minimum absolute atomic E-state index is 0.281. The van der Waals surface area contributed by atoms with Crippen LogP contribution in [0.5, 0.6) is 17.2 Å². The molecule has 7 nitrogen and oxygen atoms in total. The van der Waals surface area contributed by atoms with Crippen molar-refractivity contribution < 1.29 is 28.9 Å². The first-order chi connectivity index (χ1) is 10.1. The zero-order chi connectivity index (χ0) is 15.0. The summed E-state index contributed by atoms with van der Waals surface area (Å²) in [5.74, 6) is -0.214. The van der Waals surface area contributed by atoms with Crippen molar-refractivity contribution in [1.29, 1.82) is 0 Å². The van der Waals surface area contributed by atoms with Gasteiger partial charge in [-0.1, -0.05) is 0 Å². The molecule has 2 aliphatic rings. The average Bonchev–Trinajstić information content (AvgIpc) is 3.27. The first-order valence-corrected chi connectivity index (χ1v) is 6.59. The standard InChI is InChI=1S/C14H15NO6/c1-19-9-6-8(7-10-11(9)21-5-4-20-10)12(16)15-14(2-3-14)13(17)18/h6-7H,2-5H2,1H3,(H,15,16)(H,17,18). The molecular weight excluding hydrogens is 278 g/mol. The highest BCUT2D eigenvalue weighted by Crippen LogP contribution is 2.41. The molecule has 1 aromatic rings. The van der Waals surface area contributed by atoms with E-state index in [0.29, 0.717) is 43.3 Å². The molecule has 3 rings (SSSR count). The van der Waals surface area contributed by atoms with Crippen LogP contribution in [-0.2, 0) is 4.79 Å². The van der Waals surface area contributed by atoms with Crippen LogP contribution in [0, 0.1) is 0 Å². The average molecular weight is 293 g/mol. The van der Waals surface area contributed by atoms with Gasteiger partial charge in [-0.05, 0) is 25.0 Å². The molecule has 0 radical (unpaired) electrons. The number of fused-ring (bicyclic) bond motifs is 1. The lowest BCUT2D eigenvalue weighted by Crippen LogP contribution is -2.43. The molecule has 2 N–H and O–H groups in total. The first-order valence-electron chi connectivity index (χ1n) is 6.59. The van der Waals surface area contributed by atoms with Gasteiger partial charge in [0.1, 0.15) is 18.8 Å². The molecule has 1 aliphatic heterocycles. The normalized spacial score (nSPS) is 17.8. The van der Waals surface area contributed by atoms with Crippen LogP contribution in [0.4, 0.5) is 0 Å². The fourth-order valence-electron chi connectivity index (χ4n) is 2.21. The summed E-state index contributed by atoms with van der Waals surface area (Å²) in [4.78, 5) is 23.4. The number of hydrogen-bond acceptors (Lipinski definition) is 5. The van der Waals surface area contributed by atoms with E-state index in [9.17, 15) is 9.59 Å². The monoisotopic (exact) mass is 293 g/mol. The second kappa shape index (κ2) is 4.83. The van der Waals surface area contributed by atoms with E-state index in [1.165, 1.54) is 19.2 Å². The molecule has 0 bridgehead atoms. The van der Waals surface area contributed by atoms with Gasteiger partial charge in [0, 0.05) is 5.56 Å². The Balaban J connectivity index is 1.88. The summed E-state index contributed by atoms with van der Waals surface area (Å²) < 4.78 is 16.1. The number of carboxylic acid groups (broad SMARTS) is 1. The van der Waals surface area contributed by atoms with Gasteiger partial charge < -0.3 is 24.6 Å². The lowest BCUT2D eigenvalue weighted by atomic mass is 10.1. The first kappa shape index (κ1) is 13.5. The Bertz CT molecular complexity index is 590. The number of nitrogens with one attached hydrogen (secondary N) is 1. The summed E-state index contributed by atoms with van der Waals surface area (Å²) in [5, 5.41) is 11.7. The number of carbonyl (C=O) groups excluding carboxylic acids is 1. The number of methoxy groups -OCH3 is 1. The molecule has 0 unspecified atom stereocenters. The van der Waals surface area contributed by atoms with Crippen molar-refractivity contribution in [3.05, 3.63) is 17.7 Å². The quantitative estimate of drug-likeness (QED) is 0.853. The zero-order valence-electron chi connectivity index (χ0n) is 11.5.